The van der Waals surface area contributed by atoms with Gasteiger partial charge in [-0.1, -0.05) is 11.3 Å². The summed E-state index contributed by atoms with van der Waals surface area (Å²) in [4.78, 5) is 4.19. The third-order valence-corrected chi connectivity index (χ3v) is 4.55. The van der Waals surface area contributed by atoms with E-state index in [1.54, 1.807) is 26.2 Å². The highest BCUT2D eigenvalue weighted by atomic mass is 32.2. The third kappa shape index (κ3) is 2.67. The molecule has 0 saturated heterocycles. The van der Waals surface area contributed by atoms with E-state index < -0.39 is 10.0 Å². The molecule has 5 nitrogen and oxygen atoms in total. The van der Waals surface area contributed by atoms with Crippen molar-refractivity contribution in [3.63, 3.8) is 0 Å². The predicted octanol–water partition coefficient (Wildman–Crippen LogP) is 2.07. The molecule has 0 spiro atoms. The van der Waals surface area contributed by atoms with Crippen LogP contribution in [-0.2, 0) is 10.0 Å². The minimum absolute atomic E-state index is 0.0340. The second-order valence-electron chi connectivity index (χ2n) is 3.36. The molecular weight excluding hydrogens is 260 g/mol. The Kier molecular flexibility index (Phi) is 3.21. The lowest BCUT2D eigenvalue weighted by molar-refractivity contribution is 0.415. The summed E-state index contributed by atoms with van der Waals surface area (Å²) in [7, 11) is -1.68. The van der Waals surface area contributed by atoms with Crippen LogP contribution in [-0.4, -0.2) is 26.3 Å². The first-order chi connectivity index (χ1) is 8.04. The first-order valence-electron chi connectivity index (χ1n) is 4.99. The maximum absolute atomic E-state index is 11.4. The van der Waals surface area contributed by atoms with Crippen LogP contribution in [0.1, 0.15) is 6.92 Å². The fourth-order valence-corrected chi connectivity index (χ4v) is 3.03. The number of fused-ring (bicyclic) bond motifs is 1. The summed E-state index contributed by atoms with van der Waals surface area (Å²) < 4.78 is 31.2. The van der Waals surface area contributed by atoms with Crippen molar-refractivity contribution >= 4 is 36.7 Å². The number of nitrogens with one attached hydrogen (secondary N) is 1. The number of nitrogens with zero attached hydrogens (tertiary/aromatic N) is 1. The average Bonchev–Trinajstić information content (AvgIpc) is 2.68. The van der Waals surface area contributed by atoms with Crippen LogP contribution in [0.2, 0.25) is 0 Å². The van der Waals surface area contributed by atoms with Crippen LogP contribution >= 0.6 is 11.3 Å². The number of sulfonamides is 1. The topological polar surface area (TPSA) is 68.3 Å². The number of hydrogen-bond acceptors (Lipinski definition) is 5. The summed E-state index contributed by atoms with van der Waals surface area (Å²) in [5, 5.41) is 0.384. The van der Waals surface area contributed by atoms with E-state index >= 15 is 0 Å². The van der Waals surface area contributed by atoms with Crippen molar-refractivity contribution in [2.24, 2.45) is 0 Å². The third-order valence-electron chi connectivity index (χ3n) is 2.22. The van der Waals surface area contributed by atoms with Gasteiger partial charge in [-0.2, -0.15) is 0 Å². The summed E-state index contributed by atoms with van der Waals surface area (Å²) in [6, 6.07) is 5.42. The Balaban J connectivity index is 2.38. The fourth-order valence-electron chi connectivity index (χ4n) is 1.28. The van der Waals surface area contributed by atoms with E-state index in [9.17, 15) is 8.42 Å². The van der Waals surface area contributed by atoms with Crippen LogP contribution in [0, 0.1) is 0 Å². The summed E-state index contributed by atoms with van der Waals surface area (Å²) in [6.45, 7) is 1.58. The molecule has 1 aromatic heterocycles. The molecule has 0 unspecified atom stereocenters. The first kappa shape index (κ1) is 12.1. The van der Waals surface area contributed by atoms with E-state index in [0.717, 1.165) is 16.0 Å². The maximum Gasteiger partial charge on any atom is 0.234 e. The van der Waals surface area contributed by atoms with Gasteiger partial charge in [-0.25, -0.2) is 13.4 Å². The maximum atomic E-state index is 11.4. The van der Waals surface area contributed by atoms with Crippen LogP contribution < -0.4 is 9.46 Å². The molecule has 92 valence electrons. The molecule has 1 heterocycles. The summed E-state index contributed by atoms with van der Waals surface area (Å²) in [5.41, 5.74) is 0.754. The molecule has 0 aliphatic carbocycles. The number of ether oxygens (including phenoxy) is 1. The molecule has 2 aromatic rings. The quantitative estimate of drug-likeness (QED) is 0.925. The molecule has 0 aliphatic heterocycles. The zero-order valence-corrected chi connectivity index (χ0v) is 11.1. The van der Waals surface area contributed by atoms with E-state index in [1.807, 2.05) is 6.07 Å². The number of thiazole rings is 1. The lowest BCUT2D eigenvalue weighted by Gasteiger charge is -1.99. The van der Waals surface area contributed by atoms with Gasteiger partial charge < -0.3 is 4.74 Å². The standard InChI is InChI=1S/C10H12N2O3S2/c1-3-17(13,14)12-10-11-8-5-4-7(15-2)6-9(8)16-10/h4-6H,3H2,1-2H3,(H,11,12). The number of aromatic nitrogens is 1. The number of methoxy groups -OCH3 is 1. The Labute approximate surface area is 103 Å². The van der Waals surface area contributed by atoms with Crippen LogP contribution in [0.5, 0.6) is 5.75 Å². The molecule has 1 N–H and O–H groups in total. The molecule has 0 atom stereocenters. The van der Waals surface area contributed by atoms with E-state index in [4.69, 9.17) is 4.74 Å². The van der Waals surface area contributed by atoms with Crippen LogP contribution in [0.25, 0.3) is 10.2 Å². The molecule has 0 fully saturated rings. The zero-order chi connectivity index (χ0) is 12.5. The Morgan fingerprint density at radius 1 is 1.47 bits per heavy atom. The molecular formula is C10H12N2O3S2. The van der Waals surface area contributed by atoms with Crippen molar-refractivity contribution in [2.75, 3.05) is 17.6 Å². The zero-order valence-electron chi connectivity index (χ0n) is 9.43. The second kappa shape index (κ2) is 4.50. The van der Waals surface area contributed by atoms with Gasteiger partial charge in [-0.15, -0.1) is 0 Å². The number of benzene rings is 1. The van der Waals surface area contributed by atoms with E-state index in [-0.39, 0.29) is 5.75 Å². The van der Waals surface area contributed by atoms with Crippen LogP contribution in [0.15, 0.2) is 18.2 Å². The van der Waals surface area contributed by atoms with Gasteiger partial charge >= 0.3 is 0 Å². The fraction of sp³-hybridized carbons (Fsp3) is 0.300. The number of anilines is 1. The van der Waals surface area contributed by atoms with Gasteiger partial charge in [0.15, 0.2) is 5.13 Å². The van der Waals surface area contributed by atoms with Gasteiger partial charge in [-0.3, -0.25) is 4.72 Å². The van der Waals surface area contributed by atoms with Gasteiger partial charge in [0.25, 0.3) is 0 Å². The molecule has 1 aromatic carbocycles. The van der Waals surface area contributed by atoms with Gasteiger partial charge in [0.05, 0.1) is 23.1 Å². The molecule has 0 amide bonds. The first-order valence-corrected chi connectivity index (χ1v) is 7.46. The summed E-state index contributed by atoms with van der Waals surface area (Å²) in [6.07, 6.45) is 0. The van der Waals surface area contributed by atoms with Crippen molar-refractivity contribution in [2.45, 2.75) is 6.92 Å². The monoisotopic (exact) mass is 272 g/mol. The van der Waals surface area contributed by atoms with Crippen LogP contribution in [0.4, 0.5) is 5.13 Å². The van der Waals surface area contributed by atoms with Crippen molar-refractivity contribution < 1.29 is 13.2 Å². The van der Waals surface area contributed by atoms with Gasteiger partial charge in [0, 0.05) is 0 Å². The molecule has 17 heavy (non-hydrogen) atoms. The van der Waals surface area contributed by atoms with E-state index in [2.05, 4.69) is 9.71 Å². The largest absolute Gasteiger partial charge is 0.497 e. The minimum Gasteiger partial charge on any atom is -0.497 e. The smallest absolute Gasteiger partial charge is 0.234 e. The van der Waals surface area contributed by atoms with Crippen molar-refractivity contribution in [1.29, 1.82) is 0 Å². The van der Waals surface area contributed by atoms with Crippen molar-refractivity contribution in [1.82, 2.24) is 4.98 Å². The highest BCUT2D eigenvalue weighted by Gasteiger charge is 2.11. The van der Waals surface area contributed by atoms with Crippen molar-refractivity contribution in [3.05, 3.63) is 18.2 Å². The Morgan fingerprint density at radius 3 is 2.88 bits per heavy atom. The highest BCUT2D eigenvalue weighted by Crippen LogP contribution is 2.29. The molecule has 0 aliphatic rings. The number of hydrogen-bond donors (Lipinski definition) is 1. The lowest BCUT2D eigenvalue weighted by Crippen LogP contribution is -2.14. The molecule has 0 bridgehead atoms. The van der Waals surface area contributed by atoms with Crippen molar-refractivity contribution in [3.8, 4) is 5.75 Å². The minimum atomic E-state index is -3.27. The normalized spacial score (nSPS) is 11.6. The second-order valence-corrected chi connectivity index (χ2v) is 6.40. The van der Waals surface area contributed by atoms with E-state index in [1.165, 1.54) is 11.3 Å². The molecule has 0 saturated carbocycles. The number of rotatable bonds is 4. The Hall–Kier alpha value is -1.34. The predicted molar refractivity (Wildman–Crippen MR) is 69.3 cm³/mol. The van der Waals surface area contributed by atoms with Gasteiger partial charge in [0.1, 0.15) is 5.75 Å². The van der Waals surface area contributed by atoms with E-state index in [0.29, 0.717) is 5.13 Å². The summed E-state index contributed by atoms with van der Waals surface area (Å²) in [5.74, 6) is 0.762. The average molecular weight is 272 g/mol. The summed E-state index contributed by atoms with van der Waals surface area (Å²) >= 11 is 1.29. The molecule has 7 heteroatoms. The molecule has 2 rings (SSSR count). The van der Waals surface area contributed by atoms with Gasteiger partial charge in [0.2, 0.25) is 10.0 Å². The lowest BCUT2D eigenvalue weighted by atomic mass is 10.3. The van der Waals surface area contributed by atoms with Gasteiger partial charge in [-0.05, 0) is 25.1 Å². The van der Waals surface area contributed by atoms with Crippen LogP contribution in [0.3, 0.4) is 0 Å². The Bertz CT molecular complexity index is 634. The Morgan fingerprint density at radius 2 is 2.24 bits per heavy atom. The molecule has 0 radical (unpaired) electrons. The highest BCUT2D eigenvalue weighted by molar-refractivity contribution is 7.92. The SMILES string of the molecule is CCS(=O)(=O)Nc1nc2ccc(OC)cc2s1.